The number of rotatable bonds is 10. The third-order valence-corrected chi connectivity index (χ3v) is 6.84. The first-order valence-corrected chi connectivity index (χ1v) is 12.6. The minimum absolute atomic E-state index is 0.117. The van der Waals surface area contributed by atoms with Crippen LogP contribution in [0, 0.1) is 5.92 Å². The maximum atomic E-state index is 12.8. The van der Waals surface area contributed by atoms with Crippen molar-refractivity contribution >= 4 is 29.3 Å². The first-order valence-electron chi connectivity index (χ1n) is 11.7. The quantitative estimate of drug-likeness (QED) is 0.323. The minimum Gasteiger partial charge on any atom is -0.465 e. The summed E-state index contributed by atoms with van der Waals surface area (Å²) in [4.78, 5) is 43.2. The molecule has 184 valence electrons. The highest BCUT2D eigenvalue weighted by Gasteiger charge is 2.24. The number of esters is 1. The molecule has 0 saturated carbocycles. The summed E-state index contributed by atoms with van der Waals surface area (Å²) in [5, 5.41) is 2.53. The molecular weight excluding hydrogens is 462 g/mol. The van der Waals surface area contributed by atoms with Gasteiger partial charge in [-0.25, -0.2) is 4.98 Å². The number of aryl methyl sites for hydroxylation is 1. The van der Waals surface area contributed by atoms with Crippen molar-refractivity contribution in [3.8, 4) is 11.3 Å². The molecule has 2 aromatic carbocycles. The maximum absolute atomic E-state index is 12.8. The number of thioether (sulfide) groups is 1. The lowest BCUT2D eigenvalue weighted by Gasteiger charge is -2.18. The van der Waals surface area contributed by atoms with E-state index in [1.807, 2.05) is 63.2 Å². The summed E-state index contributed by atoms with van der Waals surface area (Å²) < 4.78 is 6.58. The lowest BCUT2D eigenvalue weighted by Crippen LogP contribution is -2.30. The number of aromatic nitrogens is 2. The number of hydrogen-bond acceptors (Lipinski definition) is 6. The molecule has 1 heterocycles. The molecule has 3 aromatic rings. The average Bonchev–Trinajstić information content (AvgIpc) is 2.85. The first kappa shape index (κ1) is 26.2. The van der Waals surface area contributed by atoms with Crippen LogP contribution in [-0.2, 0) is 27.3 Å². The van der Waals surface area contributed by atoms with Crippen LogP contribution in [0.15, 0.2) is 70.4 Å². The van der Waals surface area contributed by atoms with Crippen molar-refractivity contribution in [3.63, 3.8) is 0 Å². The fourth-order valence-electron chi connectivity index (χ4n) is 3.54. The van der Waals surface area contributed by atoms with Crippen molar-refractivity contribution in [3.05, 3.63) is 76.8 Å². The van der Waals surface area contributed by atoms with E-state index in [2.05, 4.69) is 10.3 Å². The smallest absolute Gasteiger partial charge is 0.319 e. The third kappa shape index (κ3) is 7.05. The number of hydrogen-bond donors (Lipinski definition) is 1. The van der Waals surface area contributed by atoms with Crippen LogP contribution >= 0.6 is 11.8 Å². The van der Waals surface area contributed by atoms with Crippen molar-refractivity contribution in [1.82, 2.24) is 9.55 Å². The van der Waals surface area contributed by atoms with Gasteiger partial charge in [0.05, 0.1) is 12.3 Å². The Bertz CT molecular complexity index is 1210. The highest BCUT2D eigenvalue weighted by atomic mass is 32.2. The molecule has 0 spiro atoms. The van der Waals surface area contributed by atoms with E-state index in [0.29, 0.717) is 30.2 Å². The van der Waals surface area contributed by atoms with Crippen LogP contribution in [-0.4, -0.2) is 33.3 Å². The largest absolute Gasteiger partial charge is 0.465 e. The predicted octanol–water partition coefficient (Wildman–Crippen LogP) is 4.79. The van der Waals surface area contributed by atoms with Crippen LogP contribution in [0.2, 0.25) is 0 Å². The molecule has 1 N–H and O–H groups in total. The van der Waals surface area contributed by atoms with Crippen LogP contribution in [0.25, 0.3) is 11.3 Å². The van der Waals surface area contributed by atoms with E-state index in [-0.39, 0.29) is 35.1 Å². The summed E-state index contributed by atoms with van der Waals surface area (Å²) >= 11 is 1.44. The second-order valence-electron chi connectivity index (χ2n) is 8.31. The van der Waals surface area contributed by atoms with Crippen LogP contribution in [0.4, 0.5) is 5.69 Å². The zero-order valence-electron chi connectivity index (χ0n) is 20.5. The first-order chi connectivity index (χ1) is 16.8. The monoisotopic (exact) mass is 493 g/mol. The van der Waals surface area contributed by atoms with E-state index >= 15 is 0 Å². The molecule has 0 fully saturated rings. The third-order valence-electron chi connectivity index (χ3n) is 5.30. The predicted molar refractivity (Wildman–Crippen MR) is 139 cm³/mol. The molecule has 0 aliphatic carbocycles. The van der Waals surface area contributed by atoms with Crippen LogP contribution < -0.4 is 10.9 Å². The Labute approximate surface area is 209 Å². The molecule has 35 heavy (non-hydrogen) atoms. The average molecular weight is 494 g/mol. The van der Waals surface area contributed by atoms with E-state index in [9.17, 15) is 14.4 Å². The van der Waals surface area contributed by atoms with Gasteiger partial charge in [0.2, 0.25) is 5.91 Å². The zero-order chi connectivity index (χ0) is 25.4. The van der Waals surface area contributed by atoms with E-state index in [0.717, 1.165) is 10.5 Å². The lowest BCUT2D eigenvalue weighted by atomic mass is 10.1. The number of anilines is 1. The van der Waals surface area contributed by atoms with Gasteiger partial charge in [-0.15, -0.1) is 11.8 Å². The van der Waals surface area contributed by atoms with Gasteiger partial charge in [0, 0.05) is 28.6 Å². The number of carbonyl (C=O) groups is 2. The van der Waals surface area contributed by atoms with Crippen LogP contribution in [0.3, 0.4) is 0 Å². The second kappa shape index (κ2) is 12.4. The Morgan fingerprint density at radius 1 is 1.06 bits per heavy atom. The fourth-order valence-corrected chi connectivity index (χ4v) is 4.56. The van der Waals surface area contributed by atoms with E-state index in [1.54, 1.807) is 19.1 Å². The topological polar surface area (TPSA) is 90.3 Å². The lowest BCUT2D eigenvalue weighted by molar-refractivity contribution is -0.143. The number of ether oxygens (including phenoxy) is 1. The number of benzene rings is 2. The summed E-state index contributed by atoms with van der Waals surface area (Å²) in [6, 6.07) is 18.2. The molecule has 0 aliphatic heterocycles. The molecule has 7 nitrogen and oxygen atoms in total. The highest BCUT2D eigenvalue weighted by molar-refractivity contribution is 8.00. The normalized spacial score (nSPS) is 11.8. The molecule has 0 aliphatic rings. The van der Waals surface area contributed by atoms with Gasteiger partial charge in [-0.05, 0) is 37.1 Å². The van der Waals surface area contributed by atoms with Gasteiger partial charge < -0.3 is 10.1 Å². The van der Waals surface area contributed by atoms with Crippen molar-refractivity contribution in [2.45, 2.75) is 50.8 Å². The van der Waals surface area contributed by atoms with Gasteiger partial charge in [0.15, 0.2) is 0 Å². The molecule has 8 heteroatoms. The maximum Gasteiger partial charge on any atom is 0.319 e. The van der Waals surface area contributed by atoms with Gasteiger partial charge in [-0.3, -0.25) is 19.0 Å². The van der Waals surface area contributed by atoms with Crippen molar-refractivity contribution in [2.24, 2.45) is 5.92 Å². The molecular formula is C27H31N3O4S. The van der Waals surface area contributed by atoms with Crippen LogP contribution in [0.5, 0.6) is 0 Å². The van der Waals surface area contributed by atoms with Gasteiger partial charge in [-0.2, -0.15) is 0 Å². The standard InChI is InChI=1S/C27H31N3O4S/c1-5-23-29-22(19-10-8-7-9-11-19)16-25(32)30(23)17-24(31)28-20-12-14-21(15-13-20)35-26(18(3)4)27(33)34-6-2/h7-16,18,26H,5-6,17H2,1-4H3,(H,28,31). The number of carbonyl (C=O) groups excluding carboxylic acids is 2. The Morgan fingerprint density at radius 3 is 2.34 bits per heavy atom. The Morgan fingerprint density at radius 2 is 1.74 bits per heavy atom. The molecule has 0 bridgehead atoms. The van der Waals surface area contributed by atoms with Gasteiger partial charge >= 0.3 is 5.97 Å². The van der Waals surface area contributed by atoms with E-state index in [1.165, 1.54) is 22.4 Å². The van der Waals surface area contributed by atoms with E-state index < -0.39 is 0 Å². The van der Waals surface area contributed by atoms with Crippen LogP contribution in [0.1, 0.15) is 33.5 Å². The molecule has 3 rings (SSSR count). The second-order valence-corrected chi connectivity index (χ2v) is 9.52. The molecule has 1 amide bonds. The number of nitrogens with zero attached hydrogens (tertiary/aromatic N) is 2. The van der Waals surface area contributed by atoms with Gasteiger partial charge in [0.1, 0.15) is 17.6 Å². The Balaban J connectivity index is 1.68. The van der Waals surface area contributed by atoms with Crippen molar-refractivity contribution in [2.75, 3.05) is 11.9 Å². The number of nitrogens with one attached hydrogen (secondary N) is 1. The Hall–Kier alpha value is -3.39. The molecule has 1 unspecified atom stereocenters. The summed E-state index contributed by atoms with van der Waals surface area (Å²) in [7, 11) is 0. The zero-order valence-corrected chi connectivity index (χ0v) is 21.3. The molecule has 1 aromatic heterocycles. The fraction of sp³-hybridized carbons (Fsp3) is 0.333. The molecule has 1 atom stereocenters. The Kier molecular flexibility index (Phi) is 9.25. The summed E-state index contributed by atoms with van der Waals surface area (Å²) in [5.74, 6) is 0.125. The molecule has 0 radical (unpaired) electrons. The SMILES string of the molecule is CCOC(=O)C(Sc1ccc(NC(=O)Cn2c(CC)nc(-c3ccccc3)cc2=O)cc1)C(C)C. The summed E-state index contributed by atoms with van der Waals surface area (Å²) in [6.07, 6.45) is 0.520. The van der Waals surface area contributed by atoms with Gasteiger partial charge in [-0.1, -0.05) is 51.1 Å². The van der Waals surface area contributed by atoms with Crippen molar-refractivity contribution in [1.29, 1.82) is 0 Å². The number of amides is 1. The van der Waals surface area contributed by atoms with Gasteiger partial charge in [0.25, 0.3) is 5.56 Å². The molecule has 0 saturated heterocycles. The van der Waals surface area contributed by atoms with Crippen molar-refractivity contribution < 1.29 is 14.3 Å². The minimum atomic E-state index is -0.317. The summed E-state index contributed by atoms with van der Waals surface area (Å²) in [6.45, 7) is 7.89. The summed E-state index contributed by atoms with van der Waals surface area (Å²) in [5.41, 5.74) is 1.80. The van der Waals surface area contributed by atoms with E-state index in [4.69, 9.17) is 4.74 Å². The highest BCUT2D eigenvalue weighted by Crippen LogP contribution is 2.30.